The second-order valence-corrected chi connectivity index (χ2v) is 7.94. The van der Waals surface area contributed by atoms with Crippen molar-refractivity contribution in [2.24, 2.45) is 0 Å². The van der Waals surface area contributed by atoms with Crippen LogP contribution in [0.1, 0.15) is 31.4 Å². The normalized spacial score (nSPS) is 13.1. The molecule has 0 aliphatic rings. The van der Waals surface area contributed by atoms with E-state index in [2.05, 4.69) is 5.32 Å². The highest BCUT2D eigenvalue weighted by Gasteiger charge is 2.27. The SMILES string of the molecule is COc1ccc(NC(=O)O[C@H](c2ccc(OCCO)cc2)[C@@H](CC/C=C/C(C)=C/C(=O)NO)OC)cc1. The molecule has 0 aliphatic heterocycles. The molecule has 37 heavy (non-hydrogen) atoms. The van der Waals surface area contributed by atoms with Crippen LogP contribution >= 0.6 is 0 Å². The van der Waals surface area contributed by atoms with E-state index in [1.54, 1.807) is 81.2 Å². The van der Waals surface area contributed by atoms with Gasteiger partial charge in [-0.25, -0.2) is 10.3 Å². The Morgan fingerprint density at radius 3 is 2.30 bits per heavy atom. The first-order valence-electron chi connectivity index (χ1n) is 11.7. The number of carbonyl (C=O) groups is 2. The summed E-state index contributed by atoms with van der Waals surface area (Å²) in [4.78, 5) is 24.0. The van der Waals surface area contributed by atoms with Crippen molar-refractivity contribution < 1.29 is 38.9 Å². The van der Waals surface area contributed by atoms with Gasteiger partial charge >= 0.3 is 6.09 Å². The predicted molar refractivity (Wildman–Crippen MR) is 138 cm³/mol. The number of nitrogens with one attached hydrogen (secondary N) is 2. The zero-order chi connectivity index (χ0) is 27.0. The van der Waals surface area contributed by atoms with Crippen LogP contribution < -0.4 is 20.3 Å². The Bertz CT molecular complexity index is 1040. The quantitative estimate of drug-likeness (QED) is 0.128. The van der Waals surface area contributed by atoms with Gasteiger partial charge in [0.1, 0.15) is 18.1 Å². The van der Waals surface area contributed by atoms with Crippen molar-refractivity contribution in [2.45, 2.75) is 32.0 Å². The summed E-state index contributed by atoms with van der Waals surface area (Å²) in [6.07, 6.45) is 4.09. The molecule has 200 valence electrons. The van der Waals surface area contributed by atoms with Crippen LogP contribution in [0.3, 0.4) is 0 Å². The van der Waals surface area contributed by atoms with E-state index in [0.29, 0.717) is 41.2 Å². The molecule has 10 heteroatoms. The number of hydrogen-bond acceptors (Lipinski definition) is 8. The van der Waals surface area contributed by atoms with Gasteiger partial charge in [-0.3, -0.25) is 15.3 Å². The fourth-order valence-corrected chi connectivity index (χ4v) is 3.42. The van der Waals surface area contributed by atoms with E-state index in [1.165, 1.54) is 6.08 Å². The number of allylic oxidation sites excluding steroid dienone is 3. The average Bonchev–Trinajstić information content (AvgIpc) is 2.91. The van der Waals surface area contributed by atoms with Crippen molar-refractivity contribution in [1.29, 1.82) is 0 Å². The molecule has 0 aliphatic carbocycles. The Morgan fingerprint density at radius 2 is 1.70 bits per heavy atom. The van der Waals surface area contributed by atoms with Crippen molar-refractivity contribution in [2.75, 3.05) is 32.8 Å². The van der Waals surface area contributed by atoms with Gasteiger partial charge in [0.2, 0.25) is 0 Å². The Morgan fingerprint density at radius 1 is 1.03 bits per heavy atom. The molecule has 0 fully saturated rings. The van der Waals surface area contributed by atoms with Gasteiger partial charge in [0.15, 0.2) is 6.10 Å². The maximum Gasteiger partial charge on any atom is 0.412 e. The molecule has 0 radical (unpaired) electrons. The van der Waals surface area contributed by atoms with E-state index < -0.39 is 24.2 Å². The molecule has 0 unspecified atom stereocenters. The molecule has 0 aromatic heterocycles. The average molecular weight is 515 g/mol. The monoisotopic (exact) mass is 514 g/mol. The van der Waals surface area contributed by atoms with Gasteiger partial charge < -0.3 is 24.1 Å². The number of hydrogen-bond donors (Lipinski definition) is 4. The number of ether oxygens (including phenoxy) is 4. The summed E-state index contributed by atoms with van der Waals surface area (Å²) in [6.45, 7) is 1.80. The zero-order valence-corrected chi connectivity index (χ0v) is 21.2. The van der Waals surface area contributed by atoms with Gasteiger partial charge in [0, 0.05) is 18.9 Å². The molecule has 0 bridgehead atoms. The molecule has 0 saturated heterocycles. The van der Waals surface area contributed by atoms with Crippen LogP contribution in [-0.2, 0) is 14.3 Å². The fourth-order valence-electron chi connectivity index (χ4n) is 3.42. The van der Waals surface area contributed by atoms with Gasteiger partial charge in [-0.1, -0.05) is 24.3 Å². The van der Waals surface area contributed by atoms with Gasteiger partial charge in [-0.15, -0.1) is 0 Å². The Balaban J connectivity index is 2.16. The number of hydroxylamine groups is 1. The van der Waals surface area contributed by atoms with E-state index in [1.807, 2.05) is 6.08 Å². The highest BCUT2D eigenvalue weighted by atomic mass is 16.6. The molecule has 2 aromatic carbocycles. The van der Waals surface area contributed by atoms with Crippen LogP contribution in [0.2, 0.25) is 0 Å². The lowest BCUT2D eigenvalue weighted by atomic mass is 10.00. The minimum Gasteiger partial charge on any atom is -0.497 e. The van der Waals surface area contributed by atoms with E-state index in [-0.39, 0.29) is 13.2 Å². The number of carbonyl (C=O) groups excluding carboxylic acids is 2. The number of rotatable bonds is 14. The molecule has 0 heterocycles. The van der Waals surface area contributed by atoms with Gasteiger partial charge in [-0.05, 0) is 67.3 Å². The van der Waals surface area contributed by atoms with Crippen LogP contribution in [0.4, 0.5) is 10.5 Å². The summed E-state index contributed by atoms with van der Waals surface area (Å²) in [7, 11) is 3.10. The molecule has 2 atom stereocenters. The van der Waals surface area contributed by atoms with E-state index in [9.17, 15) is 9.59 Å². The largest absolute Gasteiger partial charge is 0.497 e. The third-order valence-corrected chi connectivity index (χ3v) is 5.25. The number of aliphatic hydroxyl groups excluding tert-OH is 1. The summed E-state index contributed by atoms with van der Waals surface area (Å²) in [5.74, 6) is 0.625. The van der Waals surface area contributed by atoms with Crippen LogP contribution in [0.25, 0.3) is 0 Å². The lowest BCUT2D eigenvalue weighted by Crippen LogP contribution is -2.28. The number of aliphatic hydroxyl groups is 1. The fraction of sp³-hybridized carbons (Fsp3) is 0.333. The van der Waals surface area contributed by atoms with Crippen LogP contribution in [0, 0.1) is 0 Å². The first-order valence-corrected chi connectivity index (χ1v) is 11.7. The number of benzene rings is 2. The second kappa shape index (κ2) is 16.0. The van der Waals surface area contributed by atoms with E-state index >= 15 is 0 Å². The number of anilines is 1. The molecule has 2 aromatic rings. The van der Waals surface area contributed by atoms with Gasteiger partial charge in [0.05, 0.1) is 19.8 Å². The third kappa shape index (κ3) is 10.3. The first-order chi connectivity index (χ1) is 17.9. The molecule has 2 rings (SSSR count). The lowest BCUT2D eigenvalue weighted by Gasteiger charge is -2.26. The Kier molecular flexibility index (Phi) is 12.7. The third-order valence-electron chi connectivity index (χ3n) is 5.25. The number of amides is 2. The Hall–Kier alpha value is -3.86. The molecule has 10 nitrogen and oxygen atoms in total. The predicted octanol–water partition coefficient (Wildman–Crippen LogP) is 4.16. The second-order valence-electron chi connectivity index (χ2n) is 7.94. The highest BCUT2D eigenvalue weighted by molar-refractivity contribution is 5.87. The van der Waals surface area contributed by atoms with Crippen molar-refractivity contribution in [3.05, 3.63) is 77.9 Å². The molecule has 2 amide bonds. The van der Waals surface area contributed by atoms with Crippen molar-refractivity contribution in [1.82, 2.24) is 5.48 Å². The van der Waals surface area contributed by atoms with Crippen molar-refractivity contribution >= 4 is 17.7 Å². The summed E-state index contributed by atoms with van der Waals surface area (Å²) in [5, 5.41) is 20.3. The molecule has 0 spiro atoms. The summed E-state index contributed by atoms with van der Waals surface area (Å²) in [5.41, 5.74) is 3.46. The molecule has 4 N–H and O–H groups in total. The van der Waals surface area contributed by atoms with Gasteiger partial charge in [-0.2, -0.15) is 0 Å². The summed E-state index contributed by atoms with van der Waals surface area (Å²) in [6, 6.07) is 13.9. The maximum absolute atomic E-state index is 12.8. The highest BCUT2D eigenvalue weighted by Crippen LogP contribution is 2.29. The standard InChI is InChI=1S/C27H34N2O8/c1-19(18-25(31)29-33)6-4-5-7-24(35-3)26(20-8-12-23(13-9-20)36-17-16-30)37-27(32)28-21-10-14-22(34-2)15-11-21/h4,6,8-15,18,24,26,30,33H,5,7,16-17H2,1-3H3,(H,28,32)(H,29,31)/b6-4+,19-18+/t24-,26-/m1/s1. The first kappa shape index (κ1) is 29.4. The molecular formula is C27H34N2O8. The minimum absolute atomic E-state index is 0.0996. The van der Waals surface area contributed by atoms with Crippen molar-refractivity contribution in [3.63, 3.8) is 0 Å². The molecule has 0 saturated carbocycles. The van der Waals surface area contributed by atoms with E-state index in [0.717, 1.165) is 0 Å². The maximum atomic E-state index is 12.8. The topological polar surface area (TPSA) is 136 Å². The van der Waals surface area contributed by atoms with Crippen molar-refractivity contribution in [3.8, 4) is 11.5 Å². The van der Waals surface area contributed by atoms with Crippen LogP contribution in [-0.4, -0.2) is 55.9 Å². The van der Waals surface area contributed by atoms with Gasteiger partial charge in [0.25, 0.3) is 5.91 Å². The van der Waals surface area contributed by atoms with Crippen LogP contribution in [0.15, 0.2) is 72.3 Å². The summed E-state index contributed by atoms with van der Waals surface area (Å²) < 4.78 is 22.1. The Labute approximate surface area is 216 Å². The minimum atomic E-state index is -0.736. The van der Waals surface area contributed by atoms with E-state index in [4.69, 9.17) is 29.3 Å². The zero-order valence-electron chi connectivity index (χ0n) is 21.2. The molecular weight excluding hydrogens is 480 g/mol. The smallest absolute Gasteiger partial charge is 0.412 e. The lowest BCUT2D eigenvalue weighted by molar-refractivity contribution is -0.124. The summed E-state index contributed by atoms with van der Waals surface area (Å²) >= 11 is 0. The van der Waals surface area contributed by atoms with Crippen LogP contribution in [0.5, 0.6) is 11.5 Å². The number of methoxy groups -OCH3 is 2.